The number of carbonyl (C=O) groups is 1. The summed E-state index contributed by atoms with van der Waals surface area (Å²) >= 11 is 3.49. The van der Waals surface area contributed by atoms with Crippen molar-refractivity contribution >= 4 is 32.9 Å². The summed E-state index contributed by atoms with van der Waals surface area (Å²) in [5.74, 6) is 0.102. The lowest BCUT2D eigenvalue weighted by Crippen LogP contribution is -2.15. The number of nitrogens with zero attached hydrogens (tertiary/aromatic N) is 3. The molecule has 0 aliphatic heterocycles. The molecule has 4 rings (SSSR count). The molecule has 0 atom stereocenters. The molecule has 0 spiro atoms. The lowest BCUT2D eigenvalue weighted by Gasteiger charge is -2.22. The van der Waals surface area contributed by atoms with Gasteiger partial charge in [0, 0.05) is 10.0 Å². The molecule has 0 amide bonds. The molecule has 0 bridgehead atoms. The Morgan fingerprint density at radius 1 is 1.17 bits per heavy atom. The first-order valence-corrected chi connectivity index (χ1v) is 11.2. The number of halogens is 1. The maximum atomic E-state index is 12.4. The quantitative estimate of drug-likeness (QED) is 0.430. The molecule has 1 aliphatic carbocycles. The number of aromatic nitrogens is 3. The standard InChI is InChI=1S/C23H26BrN3O3/c1-14(2)30-22-20-18(15-9-11-16(24)12-10-15)13-19(23(28)29-3)25-21(20)27(26-22)17-7-5-4-6-8-17/h9-14,17H,4-8H2,1-3H3. The highest BCUT2D eigenvalue weighted by atomic mass is 79.9. The van der Waals surface area contributed by atoms with Crippen molar-refractivity contribution in [1.29, 1.82) is 0 Å². The Bertz CT molecular complexity index is 1050. The SMILES string of the molecule is COC(=O)c1cc(-c2ccc(Br)cc2)c2c(OC(C)C)nn(C3CCCCC3)c2n1. The number of rotatable bonds is 5. The van der Waals surface area contributed by atoms with Crippen molar-refractivity contribution in [2.75, 3.05) is 7.11 Å². The maximum absolute atomic E-state index is 12.4. The molecule has 1 fully saturated rings. The number of carbonyl (C=O) groups excluding carboxylic acids is 1. The predicted molar refractivity (Wildman–Crippen MR) is 120 cm³/mol. The first kappa shape index (κ1) is 20.8. The molecule has 30 heavy (non-hydrogen) atoms. The van der Waals surface area contributed by atoms with E-state index >= 15 is 0 Å². The van der Waals surface area contributed by atoms with Crippen LogP contribution in [0, 0.1) is 0 Å². The summed E-state index contributed by atoms with van der Waals surface area (Å²) < 4.78 is 14.1. The number of hydrogen-bond donors (Lipinski definition) is 0. The second-order valence-electron chi connectivity index (χ2n) is 7.96. The lowest BCUT2D eigenvalue weighted by atomic mass is 9.95. The summed E-state index contributed by atoms with van der Waals surface area (Å²) in [5.41, 5.74) is 2.78. The number of methoxy groups -OCH3 is 1. The molecule has 0 unspecified atom stereocenters. The zero-order chi connectivity index (χ0) is 21.3. The highest BCUT2D eigenvalue weighted by Gasteiger charge is 2.26. The van der Waals surface area contributed by atoms with Gasteiger partial charge in [0.2, 0.25) is 5.88 Å². The first-order chi connectivity index (χ1) is 14.5. The largest absolute Gasteiger partial charge is 0.473 e. The summed E-state index contributed by atoms with van der Waals surface area (Å²) in [6.07, 6.45) is 5.66. The van der Waals surface area contributed by atoms with E-state index in [4.69, 9.17) is 14.6 Å². The third-order valence-corrected chi connectivity index (χ3v) is 5.98. The van der Waals surface area contributed by atoms with Crippen LogP contribution in [0.4, 0.5) is 0 Å². The molecule has 0 saturated heterocycles. The van der Waals surface area contributed by atoms with Gasteiger partial charge in [-0.25, -0.2) is 14.5 Å². The van der Waals surface area contributed by atoms with E-state index < -0.39 is 5.97 Å². The molecule has 1 saturated carbocycles. The monoisotopic (exact) mass is 471 g/mol. The first-order valence-electron chi connectivity index (χ1n) is 10.4. The van der Waals surface area contributed by atoms with E-state index in [-0.39, 0.29) is 17.8 Å². The van der Waals surface area contributed by atoms with E-state index in [1.807, 2.05) is 42.8 Å². The average molecular weight is 472 g/mol. The molecule has 3 aromatic rings. The van der Waals surface area contributed by atoms with Crippen molar-refractivity contribution in [2.45, 2.75) is 58.1 Å². The molecule has 1 aliphatic rings. The van der Waals surface area contributed by atoms with Crippen LogP contribution in [0.2, 0.25) is 0 Å². The minimum atomic E-state index is -0.460. The number of hydrogen-bond acceptors (Lipinski definition) is 5. The number of fused-ring (bicyclic) bond motifs is 1. The highest BCUT2D eigenvalue weighted by molar-refractivity contribution is 9.10. The van der Waals surface area contributed by atoms with Gasteiger partial charge < -0.3 is 9.47 Å². The predicted octanol–water partition coefficient (Wildman–Crippen LogP) is 5.94. The van der Waals surface area contributed by atoms with Gasteiger partial charge >= 0.3 is 5.97 Å². The molecule has 0 radical (unpaired) electrons. The van der Waals surface area contributed by atoms with Crippen molar-refractivity contribution in [3.8, 4) is 17.0 Å². The zero-order valence-electron chi connectivity index (χ0n) is 17.5. The van der Waals surface area contributed by atoms with Crippen molar-refractivity contribution < 1.29 is 14.3 Å². The summed E-state index contributed by atoms with van der Waals surface area (Å²) in [5, 5.41) is 5.69. The van der Waals surface area contributed by atoms with E-state index in [1.165, 1.54) is 26.4 Å². The highest BCUT2D eigenvalue weighted by Crippen LogP contribution is 2.39. The molecule has 158 valence electrons. The number of pyridine rings is 1. The minimum Gasteiger partial charge on any atom is -0.473 e. The molecular weight excluding hydrogens is 446 g/mol. The van der Waals surface area contributed by atoms with Gasteiger partial charge in [0.05, 0.1) is 24.6 Å². The lowest BCUT2D eigenvalue weighted by molar-refractivity contribution is 0.0594. The van der Waals surface area contributed by atoms with Crippen LogP contribution in [0.25, 0.3) is 22.2 Å². The minimum absolute atomic E-state index is 0.0269. The molecule has 0 N–H and O–H groups in total. The van der Waals surface area contributed by atoms with Gasteiger partial charge in [-0.05, 0) is 50.5 Å². The number of esters is 1. The Balaban J connectivity index is 2.00. The summed E-state index contributed by atoms with van der Waals surface area (Å²) in [4.78, 5) is 17.1. The van der Waals surface area contributed by atoms with Crippen LogP contribution in [0.1, 0.15) is 62.5 Å². The van der Waals surface area contributed by atoms with Crippen molar-refractivity contribution in [3.63, 3.8) is 0 Å². The number of ether oxygens (including phenoxy) is 2. The maximum Gasteiger partial charge on any atom is 0.356 e. The van der Waals surface area contributed by atoms with Crippen molar-refractivity contribution in [3.05, 3.63) is 40.5 Å². The Morgan fingerprint density at radius 3 is 2.50 bits per heavy atom. The Morgan fingerprint density at radius 2 is 1.87 bits per heavy atom. The molecule has 2 aromatic heterocycles. The van der Waals surface area contributed by atoms with Gasteiger partial charge in [-0.3, -0.25) is 0 Å². The van der Waals surface area contributed by atoms with E-state index in [9.17, 15) is 4.79 Å². The second kappa shape index (κ2) is 8.76. The van der Waals surface area contributed by atoms with Gasteiger partial charge in [-0.1, -0.05) is 47.3 Å². The van der Waals surface area contributed by atoms with E-state index in [1.54, 1.807) is 6.07 Å². The normalized spacial score (nSPS) is 15.0. The van der Waals surface area contributed by atoms with Gasteiger partial charge in [0.25, 0.3) is 0 Å². The summed E-state index contributed by atoms with van der Waals surface area (Å²) in [6.45, 7) is 3.97. The zero-order valence-corrected chi connectivity index (χ0v) is 19.1. The molecule has 1 aromatic carbocycles. The average Bonchev–Trinajstić information content (AvgIpc) is 3.11. The van der Waals surface area contributed by atoms with Crippen LogP contribution in [0.5, 0.6) is 5.88 Å². The molecule has 2 heterocycles. The van der Waals surface area contributed by atoms with Crippen LogP contribution in [-0.4, -0.2) is 33.9 Å². The molecular formula is C23H26BrN3O3. The topological polar surface area (TPSA) is 66.2 Å². The third-order valence-electron chi connectivity index (χ3n) is 5.45. The smallest absolute Gasteiger partial charge is 0.356 e. The van der Waals surface area contributed by atoms with Gasteiger partial charge in [-0.2, -0.15) is 0 Å². The van der Waals surface area contributed by atoms with Crippen LogP contribution >= 0.6 is 15.9 Å². The van der Waals surface area contributed by atoms with Gasteiger partial charge in [0.15, 0.2) is 11.3 Å². The molecule has 7 heteroatoms. The Kier molecular flexibility index (Phi) is 6.09. The van der Waals surface area contributed by atoms with Crippen LogP contribution in [-0.2, 0) is 4.74 Å². The van der Waals surface area contributed by atoms with Crippen LogP contribution in [0.15, 0.2) is 34.8 Å². The Labute approximate surface area is 184 Å². The third kappa shape index (κ3) is 4.08. The number of benzene rings is 1. The van der Waals surface area contributed by atoms with Crippen molar-refractivity contribution in [2.24, 2.45) is 0 Å². The fourth-order valence-electron chi connectivity index (χ4n) is 4.06. The van der Waals surface area contributed by atoms with E-state index in [0.717, 1.165) is 33.8 Å². The van der Waals surface area contributed by atoms with Crippen LogP contribution < -0.4 is 4.74 Å². The van der Waals surface area contributed by atoms with E-state index in [0.29, 0.717) is 11.5 Å². The van der Waals surface area contributed by atoms with Crippen molar-refractivity contribution in [1.82, 2.24) is 14.8 Å². The fraction of sp³-hybridized carbons (Fsp3) is 0.435. The van der Waals surface area contributed by atoms with Gasteiger partial charge in [0.1, 0.15) is 0 Å². The molecule has 6 nitrogen and oxygen atoms in total. The fourth-order valence-corrected chi connectivity index (χ4v) is 4.32. The Hall–Kier alpha value is -2.41. The second-order valence-corrected chi connectivity index (χ2v) is 8.88. The van der Waals surface area contributed by atoms with Gasteiger partial charge in [-0.15, -0.1) is 5.10 Å². The van der Waals surface area contributed by atoms with Crippen LogP contribution in [0.3, 0.4) is 0 Å². The van der Waals surface area contributed by atoms with E-state index in [2.05, 4.69) is 20.9 Å². The summed E-state index contributed by atoms with van der Waals surface area (Å²) in [6, 6.07) is 10.0. The summed E-state index contributed by atoms with van der Waals surface area (Å²) in [7, 11) is 1.37.